The van der Waals surface area contributed by atoms with Gasteiger partial charge in [0.25, 0.3) is 0 Å². The first-order valence-corrected chi connectivity index (χ1v) is 5.57. The first-order valence-electron chi connectivity index (χ1n) is 4.78. The maximum atomic E-state index is 5.82. The fourth-order valence-electron chi connectivity index (χ4n) is 1.90. The second kappa shape index (κ2) is 2.84. The predicted molar refractivity (Wildman–Crippen MR) is 61.3 cm³/mol. The number of H-pyrrole nitrogens is 1. The zero-order valence-electron chi connectivity index (χ0n) is 7.63. The topological polar surface area (TPSA) is 41.8 Å². The van der Waals surface area contributed by atoms with Crippen LogP contribution in [0.25, 0.3) is 10.9 Å². The second-order valence-corrected chi connectivity index (χ2v) is 4.88. The number of aromatic nitrogens is 1. The molecule has 0 spiro atoms. The van der Waals surface area contributed by atoms with Crippen molar-refractivity contribution in [1.82, 2.24) is 4.98 Å². The van der Waals surface area contributed by atoms with E-state index in [9.17, 15) is 0 Å². The predicted octanol–water partition coefficient (Wildman–Crippen LogP) is 2.75. The van der Waals surface area contributed by atoms with Crippen molar-refractivity contribution >= 4 is 26.8 Å². The van der Waals surface area contributed by atoms with Crippen molar-refractivity contribution in [2.45, 2.75) is 18.4 Å². The zero-order chi connectivity index (χ0) is 9.71. The Hall–Kier alpha value is -0.800. The molecule has 2 nitrogen and oxygen atoms in total. The maximum Gasteiger partial charge on any atom is 0.0456 e. The molecule has 1 saturated carbocycles. The largest absolute Gasteiger partial charge is 0.358 e. The number of hydrogen-bond donors (Lipinski definition) is 2. The maximum absolute atomic E-state index is 5.82. The Bertz CT molecular complexity index is 489. The normalized spacial score (nSPS) is 25.6. The van der Waals surface area contributed by atoms with Gasteiger partial charge in [-0.3, -0.25) is 0 Å². The summed E-state index contributed by atoms with van der Waals surface area (Å²) >= 11 is 3.47. The summed E-state index contributed by atoms with van der Waals surface area (Å²) in [7, 11) is 0. The van der Waals surface area contributed by atoms with Crippen LogP contribution in [0, 0.1) is 0 Å². The van der Waals surface area contributed by atoms with Crippen LogP contribution in [-0.4, -0.2) is 11.0 Å². The Morgan fingerprint density at radius 1 is 1.36 bits per heavy atom. The average Bonchev–Trinajstić information content (AvgIpc) is 2.75. The van der Waals surface area contributed by atoms with Gasteiger partial charge in [-0.25, -0.2) is 0 Å². The van der Waals surface area contributed by atoms with E-state index < -0.39 is 0 Å². The molecular weight excluding hydrogens is 240 g/mol. The highest BCUT2D eigenvalue weighted by Gasteiger charge is 2.35. The van der Waals surface area contributed by atoms with Gasteiger partial charge in [-0.15, -0.1) is 0 Å². The molecule has 1 aromatic heterocycles. The van der Waals surface area contributed by atoms with Crippen LogP contribution in [0.5, 0.6) is 0 Å². The SMILES string of the molecule is NC1CC1c1cc2cc(Br)ccc2[nH]1. The molecular formula is C11H11BrN2. The van der Waals surface area contributed by atoms with Gasteiger partial charge in [-0.05, 0) is 30.7 Å². The Morgan fingerprint density at radius 3 is 2.86 bits per heavy atom. The van der Waals surface area contributed by atoms with Crippen LogP contribution >= 0.6 is 15.9 Å². The third kappa shape index (κ3) is 1.28. The molecule has 14 heavy (non-hydrogen) atoms. The van der Waals surface area contributed by atoms with Crippen LogP contribution in [0.1, 0.15) is 18.0 Å². The molecule has 0 aliphatic heterocycles. The minimum atomic E-state index is 0.367. The van der Waals surface area contributed by atoms with Gasteiger partial charge in [0.15, 0.2) is 0 Å². The van der Waals surface area contributed by atoms with Crippen LogP contribution in [-0.2, 0) is 0 Å². The quantitative estimate of drug-likeness (QED) is 0.803. The second-order valence-electron chi connectivity index (χ2n) is 3.96. The molecule has 0 saturated heterocycles. The molecule has 0 amide bonds. The van der Waals surface area contributed by atoms with Gasteiger partial charge in [0.1, 0.15) is 0 Å². The number of halogens is 1. The van der Waals surface area contributed by atoms with Crippen molar-refractivity contribution in [3.63, 3.8) is 0 Å². The van der Waals surface area contributed by atoms with Crippen LogP contribution in [0.15, 0.2) is 28.7 Å². The van der Waals surface area contributed by atoms with Crippen molar-refractivity contribution in [2.75, 3.05) is 0 Å². The lowest BCUT2D eigenvalue weighted by Gasteiger charge is -1.90. The first-order chi connectivity index (χ1) is 6.74. The Labute approximate surface area is 90.6 Å². The van der Waals surface area contributed by atoms with Crippen molar-refractivity contribution < 1.29 is 0 Å². The summed E-state index contributed by atoms with van der Waals surface area (Å²) in [4.78, 5) is 3.41. The van der Waals surface area contributed by atoms with Crippen molar-refractivity contribution in [2.24, 2.45) is 5.73 Å². The van der Waals surface area contributed by atoms with E-state index in [4.69, 9.17) is 5.73 Å². The summed E-state index contributed by atoms with van der Waals surface area (Å²) in [6.07, 6.45) is 1.12. The molecule has 1 aliphatic rings. The Morgan fingerprint density at radius 2 is 2.14 bits per heavy atom. The number of rotatable bonds is 1. The average molecular weight is 251 g/mol. The summed E-state index contributed by atoms with van der Waals surface area (Å²) in [5, 5.41) is 1.26. The lowest BCUT2D eigenvalue weighted by atomic mass is 10.2. The molecule has 2 aromatic rings. The van der Waals surface area contributed by atoms with Gasteiger partial charge < -0.3 is 10.7 Å². The standard InChI is InChI=1S/C11H11BrN2/c12-7-1-2-10-6(3-7)4-11(14-10)8-5-9(8)13/h1-4,8-9,14H,5,13H2. The van der Waals surface area contributed by atoms with Gasteiger partial charge in [-0.2, -0.15) is 0 Å². The van der Waals surface area contributed by atoms with Gasteiger partial charge in [0.05, 0.1) is 0 Å². The van der Waals surface area contributed by atoms with E-state index in [0.29, 0.717) is 12.0 Å². The third-order valence-corrected chi connectivity index (χ3v) is 3.34. The molecule has 1 aliphatic carbocycles. The molecule has 3 N–H and O–H groups in total. The number of nitrogens with two attached hydrogens (primary N) is 1. The molecule has 1 aromatic carbocycles. The minimum Gasteiger partial charge on any atom is -0.358 e. The molecule has 0 bridgehead atoms. The number of hydrogen-bond acceptors (Lipinski definition) is 1. The highest BCUT2D eigenvalue weighted by Crippen LogP contribution is 2.39. The Kier molecular flexibility index (Phi) is 1.73. The molecule has 1 fully saturated rings. The molecule has 72 valence electrons. The van der Waals surface area contributed by atoms with E-state index >= 15 is 0 Å². The highest BCUT2D eigenvalue weighted by atomic mass is 79.9. The summed E-state index contributed by atoms with van der Waals surface area (Å²) in [6.45, 7) is 0. The summed E-state index contributed by atoms with van der Waals surface area (Å²) in [5.41, 5.74) is 8.30. The van der Waals surface area contributed by atoms with E-state index in [0.717, 1.165) is 10.9 Å². The van der Waals surface area contributed by atoms with Crippen LogP contribution in [0.3, 0.4) is 0 Å². The number of aromatic amines is 1. The Balaban J connectivity index is 2.11. The van der Waals surface area contributed by atoms with Gasteiger partial charge in [0.2, 0.25) is 0 Å². The van der Waals surface area contributed by atoms with Crippen molar-refractivity contribution in [3.05, 3.63) is 34.4 Å². The van der Waals surface area contributed by atoms with Gasteiger partial charge in [-0.1, -0.05) is 15.9 Å². The number of benzene rings is 1. The molecule has 2 unspecified atom stereocenters. The number of nitrogens with one attached hydrogen (secondary N) is 1. The van der Waals surface area contributed by atoms with E-state index in [-0.39, 0.29) is 0 Å². The summed E-state index contributed by atoms with van der Waals surface area (Å²) in [5.74, 6) is 0.557. The lowest BCUT2D eigenvalue weighted by Crippen LogP contribution is -2.00. The van der Waals surface area contributed by atoms with Gasteiger partial charge >= 0.3 is 0 Å². The minimum absolute atomic E-state index is 0.367. The fourth-order valence-corrected chi connectivity index (χ4v) is 2.28. The van der Waals surface area contributed by atoms with E-state index in [1.807, 2.05) is 0 Å². The van der Waals surface area contributed by atoms with E-state index in [2.05, 4.69) is 45.2 Å². The van der Waals surface area contributed by atoms with Crippen molar-refractivity contribution in [1.29, 1.82) is 0 Å². The molecule has 0 radical (unpaired) electrons. The fraction of sp³-hybridized carbons (Fsp3) is 0.273. The number of fused-ring (bicyclic) bond motifs is 1. The van der Waals surface area contributed by atoms with Crippen LogP contribution in [0.4, 0.5) is 0 Å². The zero-order valence-corrected chi connectivity index (χ0v) is 9.21. The van der Waals surface area contributed by atoms with E-state index in [1.54, 1.807) is 0 Å². The smallest absolute Gasteiger partial charge is 0.0456 e. The molecule has 3 rings (SSSR count). The lowest BCUT2D eigenvalue weighted by molar-refractivity contribution is 0.963. The van der Waals surface area contributed by atoms with Gasteiger partial charge in [0, 0.05) is 33.0 Å². The highest BCUT2D eigenvalue weighted by molar-refractivity contribution is 9.10. The monoisotopic (exact) mass is 250 g/mol. The van der Waals surface area contributed by atoms with Crippen LogP contribution in [0.2, 0.25) is 0 Å². The summed E-state index contributed by atoms with van der Waals surface area (Å²) < 4.78 is 1.12. The molecule has 2 atom stereocenters. The third-order valence-electron chi connectivity index (χ3n) is 2.84. The first kappa shape index (κ1) is 8.50. The summed E-state index contributed by atoms with van der Waals surface area (Å²) in [6, 6.07) is 8.85. The molecule has 3 heteroatoms. The van der Waals surface area contributed by atoms with E-state index in [1.165, 1.54) is 16.6 Å². The van der Waals surface area contributed by atoms with Crippen molar-refractivity contribution in [3.8, 4) is 0 Å². The van der Waals surface area contributed by atoms with Crippen LogP contribution < -0.4 is 5.73 Å². The molecule has 1 heterocycles.